The van der Waals surface area contributed by atoms with Gasteiger partial charge in [-0.1, -0.05) is 72.7 Å². The van der Waals surface area contributed by atoms with Crippen molar-refractivity contribution in [2.24, 2.45) is 5.92 Å². The molecule has 3 rings (SSSR count). The van der Waals surface area contributed by atoms with Gasteiger partial charge in [0.15, 0.2) is 0 Å². The molecular formula is C24H31NO. The number of nitrogens with zero attached hydrogens (tertiary/aromatic N) is 1. The van der Waals surface area contributed by atoms with Gasteiger partial charge in [-0.25, -0.2) is 0 Å². The summed E-state index contributed by atoms with van der Waals surface area (Å²) in [5, 5.41) is 12.2. The van der Waals surface area contributed by atoms with Crippen LogP contribution in [0.4, 0.5) is 0 Å². The lowest BCUT2D eigenvalue weighted by molar-refractivity contribution is 0.000444. The minimum atomic E-state index is -0.914. The van der Waals surface area contributed by atoms with Crippen LogP contribution in [0.1, 0.15) is 42.4 Å². The molecule has 0 amide bonds. The smallest absolute Gasteiger partial charge is 0.115 e. The predicted molar refractivity (Wildman–Crippen MR) is 110 cm³/mol. The zero-order valence-electron chi connectivity index (χ0n) is 16.3. The Morgan fingerprint density at radius 1 is 1.08 bits per heavy atom. The average molecular weight is 350 g/mol. The SMILES string of the molecule is Cc1cccc(C2(O)/C(=C\c3ccccc3)CCCCC2CN(C)C)c1. The van der Waals surface area contributed by atoms with Crippen LogP contribution in [-0.2, 0) is 5.60 Å². The molecule has 0 aliphatic heterocycles. The normalized spacial score (nSPS) is 25.4. The Labute approximate surface area is 158 Å². The summed E-state index contributed by atoms with van der Waals surface area (Å²) in [7, 11) is 4.20. The van der Waals surface area contributed by atoms with E-state index >= 15 is 0 Å². The number of hydrogen-bond acceptors (Lipinski definition) is 2. The Bertz CT molecular complexity index is 750. The fraction of sp³-hybridized carbons (Fsp3) is 0.417. The Hall–Kier alpha value is -1.90. The van der Waals surface area contributed by atoms with E-state index in [1.54, 1.807) is 0 Å². The summed E-state index contributed by atoms with van der Waals surface area (Å²) in [5.41, 5.74) is 3.64. The minimum absolute atomic E-state index is 0.191. The first-order valence-corrected chi connectivity index (χ1v) is 9.70. The van der Waals surface area contributed by atoms with E-state index in [1.807, 2.05) is 6.07 Å². The maximum Gasteiger partial charge on any atom is 0.115 e. The molecule has 1 N–H and O–H groups in total. The molecular weight excluding hydrogens is 318 g/mol. The van der Waals surface area contributed by atoms with Gasteiger partial charge in [-0.05, 0) is 57.0 Å². The van der Waals surface area contributed by atoms with Crippen molar-refractivity contribution in [1.82, 2.24) is 4.90 Å². The quantitative estimate of drug-likeness (QED) is 0.784. The summed E-state index contributed by atoms with van der Waals surface area (Å²) in [6, 6.07) is 18.8. The van der Waals surface area contributed by atoms with E-state index in [0.717, 1.165) is 36.9 Å². The van der Waals surface area contributed by atoms with Crippen LogP contribution in [0.2, 0.25) is 0 Å². The molecule has 0 spiro atoms. The van der Waals surface area contributed by atoms with Crippen molar-refractivity contribution in [2.75, 3.05) is 20.6 Å². The molecule has 0 saturated heterocycles. The zero-order chi connectivity index (χ0) is 18.6. The van der Waals surface area contributed by atoms with Crippen molar-refractivity contribution in [2.45, 2.75) is 38.2 Å². The fourth-order valence-electron chi connectivity index (χ4n) is 4.27. The lowest BCUT2D eigenvalue weighted by Crippen LogP contribution is -2.41. The van der Waals surface area contributed by atoms with Gasteiger partial charge < -0.3 is 10.0 Å². The van der Waals surface area contributed by atoms with Crippen molar-refractivity contribution in [1.29, 1.82) is 0 Å². The van der Waals surface area contributed by atoms with Crippen LogP contribution in [0.3, 0.4) is 0 Å². The molecule has 1 aliphatic carbocycles. The molecule has 2 atom stereocenters. The van der Waals surface area contributed by atoms with E-state index in [4.69, 9.17) is 0 Å². The lowest BCUT2D eigenvalue weighted by Gasteiger charge is -2.39. The molecule has 2 unspecified atom stereocenters. The third kappa shape index (κ3) is 4.08. The van der Waals surface area contributed by atoms with Crippen LogP contribution in [-0.4, -0.2) is 30.6 Å². The molecule has 1 fully saturated rings. The average Bonchev–Trinajstić information content (AvgIpc) is 2.77. The highest BCUT2D eigenvalue weighted by Gasteiger charge is 2.42. The van der Waals surface area contributed by atoms with Crippen molar-refractivity contribution in [3.8, 4) is 0 Å². The van der Waals surface area contributed by atoms with E-state index in [2.05, 4.69) is 80.5 Å². The number of rotatable bonds is 4. The third-order valence-electron chi connectivity index (χ3n) is 5.51. The molecule has 1 saturated carbocycles. The van der Waals surface area contributed by atoms with Gasteiger partial charge >= 0.3 is 0 Å². The number of aryl methyl sites for hydroxylation is 1. The van der Waals surface area contributed by atoms with Gasteiger partial charge in [-0.2, -0.15) is 0 Å². The summed E-state index contributed by atoms with van der Waals surface area (Å²) in [6.07, 6.45) is 6.52. The highest BCUT2D eigenvalue weighted by atomic mass is 16.3. The lowest BCUT2D eigenvalue weighted by atomic mass is 9.73. The van der Waals surface area contributed by atoms with Crippen molar-refractivity contribution in [3.63, 3.8) is 0 Å². The van der Waals surface area contributed by atoms with Crippen LogP contribution < -0.4 is 0 Å². The van der Waals surface area contributed by atoms with E-state index in [0.29, 0.717) is 0 Å². The maximum absolute atomic E-state index is 12.2. The Morgan fingerprint density at radius 3 is 2.54 bits per heavy atom. The highest BCUT2D eigenvalue weighted by molar-refractivity contribution is 5.57. The second-order valence-corrected chi connectivity index (χ2v) is 7.92. The van der Waals surface area contributed by atoms with E-state index in [9.17, 15) is 5.11 Å². The van der Waals surface area contributed by atoms with E-state index in [-0.39, 0.29) is 5.92 Å². The molecule has 0 aromatic heterocycles. The Kier molecular flexibility index (Phi) is 5.95. The summed E-state index contributed by atoms with van der Waals surface area (Å²) in [4.78, 5) is 2.21. The molecule has 138 valence electrons. The number of hydrogen-bond donors (Lipinski definition) is 1. The minimum Gasteiger partial charge on any atom is -0.380 e. The van der Waals surface area contributed by atoms with E-state index < -0.39 is 5.60 Å². The number of benzene rings is 2. The second-order valence-electron chi connectivity index (χ2n) is 7.92. The monoisotopic (exact) mass is 349 g/mol. The van der Waals surface area contributed by atoms with Crippen molar-refractivity contribution >= 4 is 6.08 Å². The third-order valence-corrected chi connectivity index (χ3v) is 5.51. The maximum atomic E-state index is 12.2. The summed E-state index contributed by atoms with van der Waals surface area (Å²) >= 11 is 0. The molecule has 2 aromatic rings. The number of aliphatic hydroxyl groups is 1. The van der Waals surface area contributed by atoms with Gasteiger partial charge in [0.05, 0.1) is 0 Å². The van der Waals surface area contributed by atoms with Crippen LogP contribution in [0.15, 0.2) is 60.2 Å². The molecule has 26 heavy (non-hydrogen) atoms. The van der Waals surface area contributed by atoms with Crippen molar-refractivity contribution in [3.05, 3.63) is 76.9 Å². The molecule has 0 bridgehead atoms. The zero-order valence-corrected chi connectivity index (χ0v) is 16.3. The van der Waals surface area contributed by atoms with Gasteiger partial charge in [0.1, 0.15) is 5.60 Å². The van der Waals surface area contributed by atoms with Crippen LogP contribution in [0.25, 0.3) is 6.08 Å². The van der Waals surface area contributed by atoms with E-state index in [1.165, 1.54) is 17.5 Å². The predicted octanol–water partition coefficient (Wildman–Crippen LogP) is 5.02. The Balaban J connectivity index is 2.14. The van der Waals surface area contributed by atoms with Crippen molar-refractivity contribution < 1.29 is 5.11 Å². The molecule has 1 aliphatic rings. The van der Waals surface area contributed by atoms with Crippen LogP contribution >= 0.6 is 0 Å². The van der Waals surface area contributed by atoms with Gasteiger partial charge in [0.25, 0.3) is 0 Å². The molecule has 2 nitrogen and oxygen atoms in total. The summed E-state index contributed by atoms with van der Waals surface area (Å²) < 4.78 is 0. The first-order valence-electron chi connectivity index (χ1n) is 9.70. The largest absolute Gasteiger partial charge is 0.380 e. The van der Waals surface area contributed by atoms with Gasteiger partial charge in [-0.15, -0.1) is 0 Å². The molecule has 0 heterocycles. The Morgan fingerprint density at radius 2 is 1.85 bits per heavy atom. The van der Waals surface area contributed by atoms with Gasteiger partial charge in [-0.3, -0.25) is 0 Å². The first-order chi connectivity index (χ1) is 12.5. The van der Waals surface area contributed by atoms with Gasteiger partial charge in [0.2, 0.25) is 0 Å². The fourth-order valence-corrected chi connectivity index (χ4v) is 4.27. The topological polar surface area (TPSA) is 23.5 Å². The summed E-state index contributed by atoms with van der Waals surface area (Å²) in [6.45, 7) is 2.99. The second kappa shape index (κ2) is 8.20. The molecule has 0 radical (unpaired) electrons. The van der Waals surface area contributed by atoms with Crippen LogP contribution in [0, 0.1) is 12.8 Å². The standard InChI is InChI=1S/C24H31NO/c1-19-10-9-15-21(16-19)24(26)22(17-20-11-5-4-6-12-20)13-7-8-14-23(24)18-25(2)3/h4-6,9-12,15-17,23,26H,7-8,13-14,18H2,1-3H3/b22-17-. The van der Waals surface area contributed by atoms with Gasteiger partial charge in [0, 0.05) is 12.5 Å². The molecule has 2 heteroatoms. The summed E-state index contributed by atoms with van der Waals surface area (Å²) in [5.74, 6) is 0.191. The first kappa shape index (κ1) is 18.9. The molecule has 2 aromatic carbocycles. The van der Waals surface area contributed by atoms with Crippen LogP contribution in [0.5, 0.6) is 0 Å². The highest BCUT2D eigenvalue weighted by Crippen LogP contribution is 2.45.